The van der Waals surface area contributed by atoms with Crippen LogP contribution in [-0.4, -0.2) is 28.4 Å². The lowest BCUT2D eigenvalue weighted by Gasteiger charge is -2.08. The Bertz CT molecular complexity index is 820. The second-order valence-corrected chi connectivity index (χ2v) is 5.25. The summed E-state index contributed by atoms with van der Waals surface area (Å²) in [6, 6.07) is 10.6. The minimum Gasteiger partial charge on any atom is -0.502 e. The molecule has 2 aromatic rings. The predicted molar refractivity (Wildman–Crippen MR) is 91.5 cm³/mol. The maximum Gasteiger partial charge on any atom is 0.310 e. The number of carbonyl (C=O) groups is 2. The van der Waals surface area contributed by atoms with E-state index in [9.17, 15) is 24.8 Å². The second-order valence-electron chi connectivity index (χ2n) is 5.25. The fourth-order valence-corrected chi connectivity index (χ4v) is 2.16. The highest BCUT2D eigenvalue weighted by atomic mass is 16.6. The third-order valence-corrected chi connectivity index (χ3v) is 3.46. The Balaban J connectivity index is 1.94. The minimum absolute atomic E-state index is 0.0175. The van der Waals surface area contributed by atoms with Gasteiger partial charge in [0.1, 0.15) is 0 Å². The summed E-state index contributed by atoms with van der Waals surface area (Å²) in [5, 5.41) is 25.2. The van der Waals surface area contributed by atoms with Crippen LogP contribution in [0, 0.1) is 10.1 Å². The number of carbonyl (C=O) groups excluding carboxylic acids is 2. The zero-order valence-electron chi connectivity index (χ0n) is 13.5. The third-order valence-electron chi connectivity index (χ3n) is 3.46. The molecule has 8 heteroatoms. The molecule has 0 radical (unpaired) electrons. The number of rotatable bonds is 6. The first kappa shape index (κ1) is 17.9. The van der Waals surface area contributed by atoms with Crippen molar-refractivity contribution in [3.05, 3.63) is 63.7 Å². The normalized spacial score (nSPS) is 10.1. The number of nitro groups is 1. The number of aryl methyl sites for hydroxylation is 1. The number of benzene rings is 2. The quantitative estimate of drug-likeness (QED) is 0.548. The lowest BCUT2D eigenvalue weighted by Crippen LogP contribution is -2.32. The van der Waals surface area contributed by atoms with Crippen LogP contribution in [0.15, 0.2) is 42.5 Å². The maximum atomic E-state index is 12.0. The first-order valence-electron chi connectivity index (χ1n) is 7.55. The monoisotopic (exact) mass is 343 g/mol. The summed E-state index contributed by atoms with van der Waals surface area (Å²) < 4.78 is 0. The van der Waals surface area contributed by atoms with Crippen LogP contribution in [0.25, 0.3) is 0 Å². The van der Waals surface area contributed by atoms with Crippen LogP contribution < -0.4 is 10.6 Å². The SMILES string of the molecule is CCc1cccc(NC(=O)CNC(=O)c2ccc([N+](=O)[O-])c(O)c2)c1. The summed E-state index contributed by atoms with van der Waals surface area (Å²) in [6.45, 7) is 1.73. The van der Waals surface area contributed by atoms with Crippen molar-refractivity contribution in [2.45, 2.75) is 13.3 Å². The number of phenolic OH excluding ortho intramolecular Hbond substituents is 1. The molecule has 2 aromatic carbocycles. The molecule has 0 fully saturated rings. The van der Waals surface area contributed by atoms with Crippen LogP contribution in [0.1, 0.15) is 22.8 Å². The van der Waals surface area contributed by atoms with Crippen molar-refractivity contribution >= 4 is 23.2 Å². The molecule has 0 aliphatic rings. The molecule has 0 aliphatic carbocycles. The van der Waals surface area contributed by atoms with Gasteiger partial charge in [0, 0.05) is 17.3 Å². The lowest BCUT2D eigenvalue weighted by atomic mass is 10.1. The van der Waals surface area contributed by atoms with Gasteiger partial charge in [-0.1, -0.05) is 19.1 Å². The van der Waals surface area contributed by atoms with Gasteiger partial charge in [-0.2, -0.15) is 0 Å². The zero-order chi connectivity index (χ0) is 18.4. The van der Waals surface area contributed by atoms with Gasteiger partial charge >= 0.3 is 5.69 Å². The Labute approximate surface area is 143 Å². The molecular formula is C17H17N3O5. The number of aromatic hydroxyl groups is 1. The van der Waals surface area contributed by atoms with Crippen molar-refractivity contribution in [3.8, 4) is 5.75 Å². The second kappa shape index (κ2) is 7.91. The van der Waals surface area contributed by atoms with E-state index in [1.54, 1.807) is 6.07 Å². The number of hydrogen-bond acceptors (Lipinski definition) is 5. The van der Waals surface area contributed by atoms with E-state index >= 15 is 0 Å². The number of phenols is 1. The molecule has 0 saturated carbocycles. The number of nitrogens with one attached hydrogen (secondary N) is 2. The molecule has 2 rings (SSSR count). The molecule has 0 saturated heterocycles. The van der Waals surface area contributed by atoms with Crippen molar-refractivity contribution < 1.29 is 19.6 Å². The molecule has 0 bridgehead atoms. The fraction of sp³-hybridized carbons (Fsp3) is 0.176. The Kier molecular flexibility index (Phi) is 5.67. The summed E-state index contributed by atoms with van der Waals surface area (Å²) in [4.78, 5) is 33.7. The summed E-state index contributed by atoms with van der Waals surface area (Å²) in [6.07, 6.45) is 0.837. The Morgan fingerprint density at radius 1 is 1.20 bits per heavy atom. The molecule has 2 amide bonds. The number of hydrogen-bond donors (Lipinski definition) is 3. The van der Waals surface area contributed by atoms with Crippen LogP contribution in [0.5, 0.6) is 5.75 Å². The summed E-state index contributed by atoms with van der Waals surface area (Å²) in [5.74, 6) is -1.64. The lowest BCUT2D eigenvalue weighted by molar-refractivity contribution is -0.385. The summed E-state index contributed by atoms with van der Waals surface area (Å²) >= 11 is 0. The maximum absolute atomic E-state index is 12.0. The van der Waals surface area contributed by atoms with Crippen molar-refractivity contribution in [1.82, 2.24) is 5.32 Å². The van der Waals surface area contributed by atoms with Gasteiger partial charge < -0.3 is 15.7 Å². The van der Waals surface area contributed by atoms with Crippen LogP contribution in [0.4, 0.5) is 11.4 Å². The smallest absolute Gasteiger partial charge is 0.310 e. The molecular weight excluding hydrogens is 326 g/mol. The van der Waals surface area contributed by atoms with Crippen LogP contribution in [-0.2, 0) is 11.2 Å². The van der Waals surface area contributed by atoms with Gasteiger partial charge in [-0.05, 0) is 36.2 Å². The Hall–Kier alpha value is -3.42. The standard InChI is InChI=1S/C17H17N3O5/c1-2-11-4-3-5-13(8-11)19-16(22)10-18-17(23)12-6-7-14(20(24)25)15(21)9-12/h3-9,21H,2,10H2,1H3,(H,18,23)(H,19,22). The van der Waals surface area contributed by atoms with Crippen LogP contribution in [0.2, 0.25) is 0 Å². The molecule has 8 nitrogen and oxygen atoms in total. The molecule has 130 valence electrons. The molecule has 25 heavy (non-hydrogen) atoms. The number of nitro benzene ring substituents is 1. The third kappa shape index (κ3) is 4.77. The van der Waals surface area contributed by atoms with E-state index in [2.05, 4.69) is 10.6 Å². The highest BCUT2D eigenvalue weighted by molar-refractivity contribution is 5.99. The summed E-state index contributed by atoms with van der Waals surface area (Å²) in [5.41, 5.74) is 1.23. The van der Waals surface area contributed by atoms with Gasteiger partial charge in [0.25, 0.3) is 5.91 Å². The summed E-state index contributed by atoms with van der Waals surface area (Å²) in [7, 11) is 0. The minimum atomic E-state index is -0.755. The van der Waals surface area contributed by atoms with E-state index in [-0.39, 0.29) is 12.1 Å². The van der Waals surface area contributed by atoms with Gasteiger partial charge in [-0.15, -0.1) is 0 Å². The van der Waals surface area contributed by atoms with Crippen molar-refractivity contribution in [3.63, 3.8) is 0 Å². The number of anilines is 1. The van der Waals surface area contributed by atoms with Crippen LogP contribution in [0.3, 0.4) is 0 Å². The molecule has 0 atom stereocenters. The van der Waals surface area contributed by atoms with Gasteiger partial charge in [0.15, 0.2) is 5.75 Å². The molecule has 0 heterocycles. The van der Waals surface area contributed by atoms with E-state index in [1.165, 1.54) is 6.07 Å². The van der Waals surface area contributed by atoms with Crippen molar-refractivity contribution in [2.24, 2.45) is 0 Å². The Morgan fingerprint density at radius 3 is 2.60 bits per heavy atom. The fourth-order valence-electron chi connectivity index (χ4n) is 2.16. The molecule has 0 aromatic heterocycles. The van der Waals surface area contributed by atoms with Crippen molar-refractivity contribution in [1.29, 1.82) is 0 Å². The highest BCUT2D eigenvalue weighted by Gasteiger charge is 2.16. The van der Waals surface area contributed by atoms with Gasteiger partial charge in [-0.25, -0.2) is 0 Å². The molecule has 0 unspecified atom stereocenters. The number of amides is 2. The van der Waals surface area contributed by atoms with Gasteiger partial charge in [0.2, 0.25) is 5.91 Å². The molecule has 3 N–H and O–H groups in total. The van der Waals surface area contributed by atoms with Crippen LogP contribution >= 0.6 is 0 Å². The van der Waals surface area contributed by atoms with E-state index in [4.69, 9.17) is 0 Å². The first-order chi connectivity index (χ1) is 11.9. The van der Waals surface area contributed by atoms with E-state index in [1.807, 2.05) is 25.1 Å². The van der Waals surface area contributed by atoms with Gasteiger partial charge in [0.05, 0.1) is 11.5 Å². The Morgan fingerprint density at radius 2 is 1.96 bits per heavy atom. The van der Waals surface area contributed by atoms with Crippen molar-refractivity contribution in [2.75, 3.05) is 11.9 Å². The molecule has 0 spiro atoms. The first-order valence-corrected chi connectivity index (χ1v) is 7.55. The van der Waals surface area contributed by atoms with E-state index in [0.29, 0.717) is 5.69 Å². The molecule has 0 aliphatic heterocycles. The topological polar surface area (TPSA) is 122 Å². The largest absolute Gasteiger partial charge is 0.502 e. The number of nitrogens with zero attached hydrogens (tertiary/aromatic N) is 1. The predicted octanol–water partition coefficient (Wildman–Crippen LogP) is 2.23. The van der Waals surface area contributed by atoms with Gasteiger partial charge in [-0.3, -0.25) is 19.7 Å². The zero-order valence-corrected chi connectivity index (χ0v) is 13.5. The van der Waals surface area contributed by atoms with E-state index in [0.717, 1.165) is 24.1 Å². The average Bonchev–Trinajstić information content (AvgIpc) is 2.59. The average molecular weight is 343 g/mol. The highest BCUT2D eigenvalue weighted by Crippen LogP contribution is 2.26. The van der Waals surface area contributed by atoms with E-state index < -0.39 is 28.2 Å².